The van der Waals surface area contributed by atoms with E-state index in [4.69, 9.17) is 0 Å². The summed E-state index contributed by atoms with van der Waals surface area (Å²) in [6.07, 6.45) is 7.82. The van der Waals surface area contributed by atoms with Gasteiger partial charge in [0.2, 0.25) is 11.8 Å². The predicted octanol–water partition coefficient (Wildman–Crippen LogP) is 3.76. The molecule has 0 aliphatic heterocycles. The van der Waals surface area contributed by atoms with Gasteiger partial charge in [0.1, 0.15) is 5.82 Å². The number of carbonyl (C=O) groups is 2. The quantitative estimate of drug-likeness (QED) is 0.512. The smallest absolute Gasteiger partial charge is 0.239 e. The summed E-state index contributed by atoms with van der Waals surface area (Å²) in [6, 6.07) is 6.43. The summed E-state index contributed by atoms with van der Waals surface area (Å²) >= 11 is 1.64. The highest BCUT2D eigenvalue weighted by Gasteiger charge is 2.54. The van der Waals surface area contributed by atoms with Crippen LogP contribution in [0.4, 0.5) is 4.39 Å². The lowest BCUT2D eigenvalue weighted by molar-refractivity contribution is -0.147. The Bertz CT molecular complexity index is 686. The molecule has 4 bridgehead atoms. The van der Waals surface area contributed by atoms with Crippen LogP contribution in [0, 0.1) is 29.0 Å². The second kappa shape index (κ2) is 8.44. The van der Waals surface area contributed by atoms with Crippen LogP contribution in [0.15, 0.2) is 29.2 Å². The summed E-state index contributed by atoms with van der Waals surface area (Å²) in [7, 11) is 0. The van der Waals surface area contributed by atoms with Gasteiger partial charge in [-0.15, -0.1) is 11.8 Å². The Labute approximate surface area is 170 Å². The Kier molecular flexibility index (Phi) is 5.95. The zero-order chi connectivity index (χ0) is 19.6. The van der Waals surface area contributed by atoms with Crippen LogP contribution in [-0.2, 0) is 9.59 Å². The zero-order valence-electron chi connectivity index (χ0n) is 16.2. The molecule has 4 aliphatic rings. The number of hydrogen-bond donors (Lipinski definition) is 2. The van der Waals surface area contributed by atoms with Crippen molar-refractivity contribution in [2.24, 2.45) is 23.2 Å². The number of halogens is 1. The van der Waals surface area contributed by atoms with Crippen molar-refractivity contribution in [3.63, 3.8) is 0 Å². The van der Waals surface area contributed by atoms with Gasteiger partial charge >= 0.3 is 0 Å². The predicted molar refractivity (Wildman–Crippen MR) is 108 cm³/mol. The average molecular weight is 405 g/mol. The molecule has 0 aromatic heterocycles. The summed E-state index contributed by atoms with van der Waals surface area (Å²) in [6.45, 7) is 0.659. The van der Waals surface area contributed by atoms with E-state index in [9.17, 15) is 14.0 Å². The molecule has 5 rings (SSSR count). The van der Waals surface area contributed by atoms with Crippen molar-refractivity contribution >= 4 is 23.6 Å². The Morgan fingerprint density at radius 2 is 1.61 bits per heavy atom. The highest BCUT2D eigenvalue weighted by molar-refractivity contribution is 7.99. The molecule has 4 aliphatic carbocycles. The molecule has 0 heterocycles. The third-order valence-corrected chi connectivity index (χ3v) is 7.75. The van der Waals surface area contributed by atoms with Gasteiger partial charge in [0, 0.05) is 16.9 Å². The second-order valence-corrected chi connectivity index (χ2v) is 10.1. The number of rotatable bonds is 8. The lowest BCUT2D eigenvalue weighted by Crippen LogP contribution is -2.54. The van der Waals surface area contributed by atoms with Gasteiger partial charge in [-0.1, -0.05) is 0 Å². The van der Waals surface area contributed by atoms with E-state index < -0.39 is 0 Å². The first-order chi connectivity index (χ1) is 13.5. The van der Waals surface area contributed by atoms with Crippen molar-refractivity contribution in [3.05, 3.63) is 30.1 Å². The van der Waals surface area contributed by atoms with Gasteiger partial charge in [0.05, 0.1) is 6.54 Å². The summed E-state index contributed by atoms with van der Waals surface area (Å²) in [5, 5.41) is 5.80. The lowest BCUT2D eigenvalue weighted by atomic mass is 9.49. The Hall–Kier alpha value is -1.56. The maximum absolute atomic E-state index is 12.9. The van der Waals surface area contributed by atoms with Crippen LogP contribution < -0.4 is 10.6 Å². The maximum atomic E-state index is 12.9. The van der Waals surface area contributed by atoms with E-state index in [2.05, 4.69) is 10.6 Å². The normalized spacial score (nSPS) is 30.2. The molecular weight excluding hydrogens is 375 g/mol. The van der Waals surface area contributed by atoms with E-state index in [1.807, 2.05) is 0 Å². The number of amides is 2. The minimum atomic E-state index is -0.229. The molecule has 6 heteroatoms. The number of benzene rings is 1. The standard InChI is InChI=1S/C22H29FN2O2S/c23-18-2-4-19(5-3-18)28-7-1-6-24-20(26)14-25-21(27)22-11-15-8-16(12-22)10-17(9-15)13-22/h2-5,15-17H,1,6-14H2,(H,24,26)(H,25,27). The van der Waals surface area contributed by atoms with Gasteiger partial charge in [0.25, 0.3) is 0 Å². The second-order valence-electron chi connectivity index (χ2n) is 8.89. The molecular formula is C22H29FN2O2S. The van der Waals surface area contributed by atoms with Crippen molar-refractivity contribution in [1.82, 2.24) is 10.6 Å². The average Bonchev–Trinajstić information content (AvgIpc) is 2.66. The largest absolute Gasteiger partial charge is 0.355 e. The first kappa shape index (κ1) is 19.7. The van der Waals surface area contributed by atoms with Crippen LogP contribution in [0.2, 0.25) is 0 Å². The molecule has 0 unspecified atom stereocenters. The molecule has 0 spiro atoms. The zero-order valence-corrected chi connectivity index (χ0v) is 17.0. The lowest BCUT2D eigenvalue weighted by Gasteiger charge is -2.55. The fourth-order valence-corrected chi connectivity index (χ4v) is 6.67. The fourth-order valence-electron chi connectivity index (χ4n) is 5.82. The molecule has 1 aromatic carbocycles. The Balaban J connectivity index is 1.13. The Morgan fingerprint density at radius 1 is 1.00 bits per heavy atom. The van der Waals surface area contributed by atoms with Crippen molar-refractivity contribution in [1.29, 1.82) is 0 Å². The fraction of sp³-hybridized carbons (Fsp3) is 0.636. The SMILES string of the molecule is O=C(CNC(=O)C12CC3CC(CC(C3)C1)C2)NCCCSc1ccc(F)cc1. The minimum Gasteiger partial charge on any atom is -0.355 e. The first-order valence-corrected chi connectivity index (χ1v) is 11.4. The summed E-state index contributed by atoms with van der Waals surface area (Å²) < 4.78 is 12.9. The number of nitrogens with one attached hydrogen (secondary N) is 2. The van der Waals surface area contributed by atoms with Crippen molar-refractivity contribution in [3.8, 4) is 0 Å². The van der Waals surface area contributed by atoms with Gasteiger partial charge in [-0.25, -0.2) is 4.39 Å². The number of hydrogen-bond acceptors (Lipinski definition) is 3. The molecule has 0 saturated heterocycles. The van der Waals surface area contributed by atoms with Crippen molar-refractivity contribution in [2.75, 3.05) is 18.8 Å². The molecule has 0 atom stereocenters. The number of thioether (sulfide) groups is 1. The maximum Gasteiger partial charge on any atom is 0.239 e. The van der Waals surface area contributed by atoms with Gasteiger partial charge in [-0.05, 0) is 92.7 Å². The van der Waals surface area contributed by atoms with Gasteiger partial charge in [-0.3, -0.25) is 9.59 Å². The summed E-state index contributed by atoms with van der Waals surface area (Å²) in [4.78, 5) is 25.9. The van der Waals surface area contributed by atoms with Crippen LogP contribution in [0.1, 0.15) is 44.9 Å². The van der Waals surface area contributed by atoms with E-state index in [1.54, 1.807) is 23.9 Å². The molecule has 152 valence electrons. The van der Waals surface area contributed by atoms with E-state index in [0.29, 0.717) is 6.54 Å². The first-order valence-electron chi connectivity index (χ1n) is 10.5. The molecule has 2 N–H and O–H groups in total. The third-order valence-electron chi connectivity index (χ3n) is 6.66. The van der Waals surface area contributed by atoms with Gasteiger partial charge in [-0.2, -0.15) is 0 Å². The molecule has 2 amide bonds. The molecule has 28 heavy (non-hydrogen) atoms. The molecule has 0 radical (unpaired) electrons. The molecule has 4 fully saturated rings. The highest BCUT2D eigenvalue weighted by Crippen LogP contribution is 2.60. The van der Waals surface area contributed by atoms with Crippen LogP contribution in [-0.4, -0.2) is 30.7 Å². The topological polar surface area (TPSA) is 58.2 Å². The highest BCUT2D eigenvalue weighted by atomic mass is 32.2. The van der Waals surface area contributed by atoms with Crippen LogP contribution in [0.3, 0.4) is 0 Å². The van der Waals surface area contributed by atoms with E-state index in [-0.39, 0.29) is 29.6 Å². The van der Waals surface area contributed by atoms with Crippen LogP contribution in [0.5, 0.6) is 0 Å². The third kappa shape index (κ3) is 4.53. The summed E-state index contributed by atoms with van der Waals surface area (Å²) in [5.74, 6) is 2.79. The number of carbonyl (C=O) groups excluding carboxylic acids is 2. The summed E-state index contributed by atoms with van der Waals surface area (Å²) in [5.41, 5.74) is -0.194. The van der Waals surface area contributed by atoms with E-state index in [0.717, 1.165) is 54.1 Å². The molecule has 1 aromatic rings. The van der Waals surface area contributed by atoms with Gasteiger partial charge < -0.3 is 10.6 Å². The van der Waals surface area contributed by atoms with Crippen molar-refractivity contribution < 1.29 is 14.0 Å². The minimum absolute atomic E-state index is 0.0751. The van der Waals surface area contributed by atoms with Crippen molar-refractivity contribution in [2.45, 2.75) is 49.8 Å². The molecule has 4 saturated carbocycles. The van der Waals surface area contributed by atoms with Crippen LogP contribution >= 0.6 is 11.8 Å². The monoisotopic (exact) mass is 404 g/mol. The van der Waals surface area contributed by atoms with E-state index in [1.165, 1.54) is 31.4 Å². The van der Waals surface area contributed by atoms with Gasteiger partial charge in [0.15, 0.2) is 0 Å². The van der Waals surface area contributed by atoms with E-state index >= 15 is 0 Å². The Morgan fingerprint density at radius 3 is 2.21 bits per heavy atom. The van der Waals surface area contributed by atoms with Crippen LogP contribution in [0.25, 0.3) is 0 Å². The molecule has 4 nitrogen and oxygen atoms in total.